The van der Waals surface area contributed by atoms with Crippen LogP contribution in [0.25, 0.3) is 10.9 Å². The molecule has 3 aromatic carbocycles. The number of rotatable bonds is 8. The van der Waals surface area contributed by atoms with Crippen LogP contribution in [0.3, 0.4) is 0 Å². The minimum atomic E-state index is -0.457. The second-order valence-corrected chi connectivity index (χ2v) is 9.48. The predicted octanol–water partition coefficient (Wildman–Crippen LogP) is 5.86. The third-order valence-electron chi connectivity index (χ3n) is 5.28. The summed E-state index contributed by atoms with van der Waals surface area (Å²) >= 11 is 6.86. The van der Waals surface area contributed by atoms with E-state index in [-0.39, 0.29) is 17.9 Å². The van der Waals surface area contributed by atoms with E-state index in [0.29, 0.717) is 50.2 Å². The lowest BCUT2D eigenvalue weighted by Gasteiger charge is -2.14. The van der Waals surface area contributed by atoms with Gasteiger partial charge in [-0.2, -0.15) is 9.78 Å². The van der Waals surface area contributed by atoms with E-state index >= 15 is 0 Å². The number of nitro groups is 1. The second kappa shape index (κ2) is 11.0. The summed E-state index contributed by atoms with van der Waals surface area (Å²) in [5.74, 6) is 1.31. The number of nitrogens with zero attached hydrogens (tertiary/aromatic N) is 4. The number of hydrogen-bond donors (Lipinski definition) is 0. The summed E-state index contributed by atoms with van der Waals surface area (Å²) in [5, 5.41) is 16.0. The maximum absolute atomic E-state index is 13.2. The van der Waals surface area contributed by atoms with Gasteiger partial charge in [-0.25, -0.2) is 4.98 Å². The lowest BCUT2D eigenvalue weighted by atomic mass is 10.2. The molecule has 0 aliphatic carbocycles. The Morgan fingerprint density at radius 1 is 1.14 bits per heavy atom. The van der Waals surface area contributed by atoms with Gasteiger partial charge in [-0.05, 0) is 35.9 Å². The van der Waals surface area contributed by atoms with Gasteiger partial charge in [0.25, 0.3) is 11.2 Å². The molecule has 0 aliphatic heterocycles. The van der Waals surface area contributed by atoms with E-state index in [0.717, 1.165) is 4.47 Å². The summed E-state index contributed by atoms with van der Waals surface area (Å²) in [7, 11) is 1.51. The van der Waals surface area contributed by atoms with Gasteiger partial charge in [0, 0.05) is 33.1 Å². The summed E-state index contributed by atoms with van der Waals surface area (Å²) in [4.78, 5) is 28.5. The second-order valence-electron chi connectivity index (χ2n) is 7.65. The molecule has 9 nitrogen and oxygen atoms in total. The minimum Gasteiger partial charge on any atom is -0.493 e. The summed E-state index contributed by atoms with van der Waals surface area (Å²) in [6.07, 6.45) is 2.00. The molecule has 0 amide bonds. The first-order valence-corrected chi connectivity index (χ1v) is 12.4. The first-order chi connectivity index (χ1) is 17.3. The zero-order valence-electron chi connectivity index (χ0n) is 19.3. The van der Waals surface area contributed by atoms with E-state index in [9.17, 15) is 14.9 Å². The van der Waals surface area contributed by atoms with E-state index in [2.05, 4.69) is 41.9 Å². The van der Waals surface area contributed by atoms with Gasteiger partial charge >= 0.3 is 0 Å². The third-order valence-corrected chi connectivity index (χ3v) is 6.23. The molecule has 11 heteroatoms. The summed E-state index contributed by atoms with van der Waals surface area (Å²) in [6, 6.07) is 15.0. The maximum Gasteiger partial charge on any atom is 0.282 e. The lowest BCUT2D eigenvalue weighted by Crippen LogP contribution is -2.22. The normalized spacial score (nSPS) is 11.2. The van der Waals surface area contributed by atoms with Crippen molar-refractivity contribution in [2.75, 3.05) is 7.11 Å². The Morgan fingerprint density at radius 2 is 1.94 bits per heavy atom. The Labute approximate surface area is 222 Å². The molecule has 0 fully saturated rings. The number of methoxy groups -OCH3 is 1. The smallest absolute Gasteiger partial charge is 0.282 e. The Morgan fingerprint density at radius 3 is 2.67 bits per heavy atom. The molecule has 4 rings (SSSR count). The van der Waals surface area contributed by atoms with E-state index in [1.165, 1.54) is 30.1 Å². The van der Waals surface area contributed by atoms with E-state index in [1.54, 1.807) is 36.4 Å². The number of non-ortho nitro benzene ring substituents is 1. The first kappa shape index (κ1) is 25.5. The highest BCUT2D eigenvalue weighted by Crippen LogP contribution is 2.35. The van der Waals surface area contributed by atoms with Gasteiger partial charge in [-0.3, -0.25) is 14.9 Å². The number of benzene rings is 3. The molecule has 184 valence electrons. The molecule has 36 heavy (non-hydrogen) atoms. The highest BCUT2D eigenvalue weighted by atomic mass is 79.9. The number of nitro benzene ring substituents is 1. The maximum atomic E-state index is 13.2. The zero-order valence-corrected chi connectivity index (χ0v) is 22.4. The van der Waals surface area contributed by atoms with Gasteiger partial charge in [-0.1, -0.05) is 50.9 Å². The first-order valence-electron chi connectivity index (χ1n) is 10.8. The van der Waals surface area contributed by atoms with Crippen molar-refractivity contribution in [3.05, 3.63) is 101 Å². The minimum absolute atomic E-state index is 0.0254. The molecule has 0 spiro atoms. The Hall–Kier alpha value is -3.57. The van der Waals surface area contributed by atoms with Gasteiger partial charge in [0.05, 0.1) is 29.2 Å². The number of halogens is 2. The number of hydrogen-bond acceptors (Lipinski definition) is 7. The van der Waals surface area contributed by atoms with Crippen molar-refractivity contribution < 1.29 is 14.4 Å². The molecule has 0 atom stereocenters. The van der Waals surface area contributed by atoms with Crippen molar-refractivity contribution in [2.24, 2.45) is 5.10 Å². The van der Waals surface area contributed by atoms with Crippen LogP contribution in [0.2, 0.25) is 0 Å². The summed E-state index contributed by atoms with van der Waals surface area (Å²) < 4.78 is 14.3. The molecule has 1 heterocycles. The quantitative estimate of drug-likeness (QED) is 0.139. The fourth-order valence-corrected chi connectivity index (χ4v) is 4.38. The van der Waals surface area contributed by atoms with Crippen molar-refractivity contribution >= 4 is 54.7 Å². The average Bonchev–Trinajstić information content (AvgIpc) is 2.87. The molecular formula is C25H20Br2N4O5. The number of ether oxygens (including phenoxy) is 2. The van der Waals surface area contributed by atoms with Crippen molar-refractivity contribution in [2.45, 2.75) is 20.0 Å². The Bertz CT molecular complexity index is 1550. The van der Waals surface area contributed by atoms with Crippen LogP contribution < -0.4 is 15.0 Å². The van der Waals surface area contributed by atoms with Gasteiger partial charge in [-0.15, -0.1) is 0 Å². The van der Waals surface area contributed by atoms with Gasteiger partial charge in [0.15, 0.2) is 11.5 Å². The van der Waals surface area contributed by atoms with Crippen LogP contribution in [0.5, 0.6) is 11.5 Å². The van der Waals surface area contributed by atoms with Crippen LogP contribution in [0.4, 0.5) is 5.69 Å². The molecule has 0 N–H and O–H groups in total. The van der Waals surface area contributed by atoms with E-state index < -0.39 is 4.92 Å². The van der Waals surface area contributed by atoms with Crippen molar-refractivity contribution in [3.63, 3.8) is 0 Å². The highest BCUT2D eigenvalue weighted by molar-refractivity contribution is 9.10. The Balaban J connectivity index is 1.75. The third kappa shape index (κ3) is 5.47. The lowest BCUT2D eigenvalue weighted by molar-refractivity contribution is -0.384. The van der Waals surface area contributed by atoms with Crippen LogP contribution in [0.15, 0.2) is 73.4 Å². The van der Waals surface area contributed by atoms with Gasteiger partial charge in [0.1, 0.15) is 12.4 Å². The number of fused-ring (bicyclic) bond motifs is 1. The van der Waals surface area contributed by atoms with E-state index in [4.69, 9.17) is 9.47 Å². The number of aromatic nitrogens is 2. The van der Waals surface area contributed by atoms with Crippen LogP contribution in [0, 0.1) is 10.1 Å². The predicted molar refractivity (Wildman–Crippen MR) is 144 cm³/mol. The van der Waals surface area contributed by atoms with Crippen LogP contribution in [-0.4, -0.2) is 27.9 Å². The molecule has 0 aliphatic rings. The van der Waals surface area contributed by atoms with Crippen LogP contribution in [-0.2, 0) is 13.0 Å². The summed E-state index contributed by atoms with van der Waals surface area (Å²) in [5.41, 5.74) is 1.43. The highest BCUT2D eigenvalue weighted by Gasteiger charge is 2.15. The summed E-state index contributed by atoms with van der Waals surface area (Å²) in [6.45, 7) is 1.96. The van der Waals surface area contributed by atoms with Crippen LogP contribution >= 0.6 is 31.9 Å². The molecular weight excluding hydrogens is 596 g/mol. The van der Waals surface area contributed by atoms with Crippen molar-refractivity contribution in [3.8, 4) is 11.5 Å². The van der Waals surface area contributed by atoms with E-state index in [1.807, 2.05) is 13.0 Å². The monoisotopic (exact) mass is 614 g/mol. The molecule has 1 aromatic heterocycles. The average molecular weight is 616 g/mol. The number of aryl methyl sites for hydroxylation is 1. The van der Waals surface area contributed by atoms with Crippen molar-refractivity contribution in [1.82, 2.24) is 9.66 Å². The molecule has 0 radical (unpaired) electrons. The fourth-order valence-electron chi connectivity index (χ4n) is 3.57. The fraction of sp³-hybridized carbons (Fsp3) is 0.160. The molecule has 0 unspecified atom stereocenters. The molecule has 0 bridgehead atoms. The SMILES string of the molecule is CCc1nc2ccc(Br)cc2c(=O)n1N=Cc1cc(Br)cc(OC)c1OCc1cccc([N+](=O)[O-])c1. The van der Waals surface area contributed by atoms with Crippen LogP contribution in [0.1, 0.15) is 23.9 Å². The van der Waals surface area contributed by atoms with Gasteiger partial charge in [0.2, 0.25) is 0 Å². The zero-order chi connectivity index (χ0) is 25.8. The Kier molecular flexibility index (Phi) is 7.80. The standard InChI is InChI=1S/C25H20Br2N4O5/c1-3-23-29-21-8-7-17(26)11-20(21)25(32)30(23)28-13-16-10-18(27)12-22(35-2)24(16)36-14-15-5-4-6-19(9-15)31(33)34/h4-13H,3,14H2,1-2H3. The molecule has 4 aromatic rings. The topological polar surface area (TPSA) is 109 Å². The van der Waals surface area contributed by atoms with Gasteiger partial charge < -0.3 is 9.47 Å². The van der Waals surface area contributed by atoms with Crippen molar-refractivity contribution in [1.29, 1.82) is 0 Å². The largest absolute Gasteiger partial charge is 0.493 e. The molecule has 0 saturated carbocycles. The molecule has 0 saturated heterocycles.